The van der Waals surface area contributed by atoms with Crippen LogP contribution in [0.5, 0.6) is 11.5 Å². The maximum absolute atomic E-state index is 13.5. The van der Waals surface area contributed by atoms with Crippen LogP contribution in [0.1, 0.15) is 15.9 Å². The lowest BCUT2D eigenvalue weighted by Crippen LogP contribution is -2.16. The van der Waals surface area contributed by atoms with E-state index in [1.165, 1.54) is 6.07 Å². The topological polar surface area (TPSA) is 44.8 Å². The predicted octanol–water partition coefficient (Wildman–Crippen LogP) is 3.86. The van der Waals surface area contributed by atoms with Gasteiger partial charge in [-0.2, -0.15) is 0 Å². The first-order valence-electron chi connectivity index (χ1n) is 6.75. The van der Waals surface area contributed by atoms with E-state index in [-0.39, 0.29) is 6.61 Å². The molecule has 2 aromatic rings. The molecule has 1 heterocycles. The normalized spacial score (nSPS) is 12.8. The Morgan fingerprint density at radius 2 is 1.74 bits per heavy atom. The van der Waals surface area contributed by atoms with Crippen LogP contribution in [0.2, 0.25) is 0 Å². The van der Waals surface area contributed by atoms with Crippen molar-refractivity contribution in [2.75, 3.05) is 13.2 Å². The van der Waals surface area contributed by atoms with Gasteiger partial charge < -0.3 is 14.2 Å². The molecule has 0 aliphatic carbocycles. The van der Waals surface area contributed by atoms with Crippen molar-refractivity contribution in [2.24, 2.45) is 0 Å². The third-order valence-corrected chi connectivity index (χ3v) is 3.98. The third kappa shape index (κ3) is 3.29. The van der Waals surface area contributed by atoms with Crippen LogP contribution in [-0.2, 0) is 11.3 Å². The van der Waals surface area contributed by atoms with E-state index in [9.17, 15) is 13.6 Å². The highest BCUT2D eigenvalue weighted by Gasteiger charge is 2.20. The second-order valence-corrected chi connectivity index (χ2v) is 5.61. The molecule has 0 N–H and O–H groups in total. The fraction of sp³-hybridized carbons (Fsp3) is 0.188. The van der Waals surface area contributed by atoms with Crippen LogP contribution in [0.15, 0.2) is 34.8 Å². The zero-order chi connectivity index (χ0) is 16.4. The summed E-state index contributed by atoms with van der Waals surface area (Å²) in [5.41, 5.74) is -0.111. The molecule has 0 radical (unpaired) electrons. The van der Waals surface area contributed by atoms with Gasteiger partial charge in [-0.1, -0.05) is 22.0 Å². The second-order valence-electron chi connectivity index (χ2n) is 4.76. The molecule has 1 aliphatic heterocycles. The lowest BCUT2D eigenvalue weighted by molar-refractivity contribution is 0.0460. The molecule has 0 bridgehead atoms. The lowest BCUT2D eigenvalue weighted by Gasteiger charge is -2.20. The molecule has 2 aromatic carbocycles. The summed E-state index contributed by atoms with van der Waals surface area (Å²) in [5, 5.41) is 0. The molecule has 0 aromatic heterocycles. The van der Waals surface area contributed by atoms with E-state index in [0.717, 1.165) is 12.1 Å². The standard InChI is InChI=1S/C16H11BrF2O4/c17-10-7-14-13(21-4-5-22-14)6-9(10)8-23-16(20)15-11(18)2-1-3-12(15)19/h1-3,6-7H,4-5,8H2. The largest absolute Gasteiger partial charge is 0.486 e. The van der Waals surface area contributed by atoms with E-state index >= 15 is 0 Å². The third-order valence-electron chi connectivity index (χ3n) is 3.24. The number of esters is 1. The minimum atomic E-state index is -1.07. The summed E-state index contributed by atoms with van der Waals surface area (Å²) in [7, 11) is 0. The molecule has 3 rings (SSSR count). The molecule has 0 saturated carbocycles. The summed E-state index contributed by atoms with van der Waals surface area (Å²) in [6.45, 7) is 0.721. The van der Waals surface area contributed by atoms with E-state index in [1.807, 2.05) is 0 Å². The summed E-state index contributed by atoms with van der Waals surface area (Å²) in [6.07, 6.45) is 0. The Hall–Kier alpha value is -2.15. The highest BCUT2D eigenvalue weighted by molar-refractivity contribution is 9.10. The van der Waals surface area contributed by atoms with Gasteiger partial charge in [-0.15, -0.1) is 0 Å². The SMILES string of the molecule is O=C(OCc1cc2c(cc1Br)OCCO2)c1c(F)cccc1F. The van der Waals surface area contributed by atoms with Gasteiger partial charge in [-0.05, 0) is 24.3 Å². The van der Waals surface area contributed by atoms with Crippen molar-refractivity contribution in [3.8, 4) is 11.5 Å². The first-order chi connectivity index (χ1) is 11.1. The Bertz CT molecular complexity index is 744. The van der Waals surface area contributed by atoms with Crippen molar-refractivity contribution in [1.82, 2.24) is 0 Å². The highest BCUT2D eigenvalue weighted by atomic mass is 79.9. The highest BCUT2D eigenvalue weighted by Crippen LogP contribution is 2.35. The molecule has 0 fully saturated rings. The fourth-order valence-corrected chi connectivity index (χ4v) is 2.56. The van der Waals surface area contributed by atoms with Crippen LogP contribution in [0, 0.1) is 11.6 Å². The number of rotatable bonds is 3. The monoisotopic (exact) mass is 384 g/mol. The molecule has 0 spiro atoms. The Labute approximate surface area is 139 Å². The molecule has 1 aliphatic rings. The number of carbonyl (C=O) groups is 1. The van der Waals surface area contributed by atoms with Crippen molar-refractivity contribution >= 4 is 21.9 Å². The van der Waals surface area contributed by atoms with E-state index in [0.29, 0.717) is 34.7 Å². The number of halogens is 3. The molecule has 4 nitrogen and oxygen atoms in total. The van der Waals surface area contributed by atoms with Gasteiger partial charge in [0.05, 0.1) is 0 Å². The maximum atomic E-state index is 13.5. The molecule has 0 unspecified atom stereocenters. The molecular formula is C16H11BrF2O4. The minimum Gasteiger partial charge on any atom is -0.486 e. The first kappa shape index (κ1) is 15.7. The van der Waals surface area contributed by atoms with Gasteiger partial charge in [0.1, 0.15) is 37.0 Å². The average Bonchev–Trinajstić information content (AvgIpc) is 2.52. The van der Waals surface area contributed by atoms with Crippen molar-refractivity contribution in [1.29, 1.82) is 0 Å². The molecule has 120 valence electrons. The van der Waals surface area contributed by atoms with Crippen LogP contribution in [0.3, 0.4) is 0 Å². The molecule has 0 amide bonds. The van der Waals surface area contributed by atoms with Crippen LogP contribution >= 0.6 is 15.9 Å². The molecule has 0 saturated heterocycles. The number of ether oxygens (including phenoxy) is 3. The van der Waals surface area contributed by atoms with Crippen LogP contribution in [0.25, 0.3) is 0 Å². The number of carbonyl (C=O) groups excluding carboxylic acids is 1. The quantitative estimate of drug-likeness (QED) is 0.753. The van der Waals surface area contributed by atoms with E-state index < -0.39 is 23.2 Å². The van der Waals surface area contributed by atoms with Crippen molar-refractivity contribution in [3.63, 3.8) is 0 Å². The Morgan fingerprint density at radius 3 is 2.39 bits per heavy atom. The van der Waals surface area contributed by atoms with E-state index in [1.54, 1.807) is 12.1 Å². The number of benzene rings is 2. The Kier molecular flexibility index (Phi) is 4.47. The summed E-state index contributed by atoms with van der Waals surface area (Å²) in [5.74, 6) is -1.88. The average molecular weight is 385 g/mol. The summed E-state index contributed by atoms with van der Waals surface area (Å²) >= 11 is 3.34. The maximum Gasteiger partial charge on any atom is 0.344 e. The smallest absolute Gasteiger partial charge is 0.344 e. The zero-order valence-electron chi connectivity index (χ0n) is 11.8. The minimum absolute atomic E-state index is 0.163. The van der Waals surface area contributed by atoms with Gasteiger partial charge in [0.15, 0.2) is 11.5 Å². The van der Waals surface area contributed by atoms with Crippen molar-refractivity contribution < 1.29 is 27.8 Å². The number of hydrogen-bond acceptors (Lipinski definition) is 4. The lowest BCUT2D eigenvalue weighted by atomic mass is 10.2. The van der Waals surface area contributed by atoms with Crippen LogP contribution in [0.4, 0.5) is 8.78 Å². The number of hydrogen-bond donors (Lipinski definition) is 0. The predicted molar refractivity (Wildman–Crippen MR) is 80.6 cm³/mol. The van der Waals surface area contributed by atoms with Gasteiger partial charge in [0, 0.05) is 10.0 Å². The first-order valence-corrected chi connectivity index (χ1v) is 7.54. The Morgan fingerprint density at radius 1 is 1.13 bits per heavy atom. The van der Waals surface area contributed by atoms with Gasteiger partial charge >= 0.3 is 5.97 Å². The summed E-state index contributed by atoms with van der Waals surface area (Å²) in [6, 6.07) is 6.53. The van der Waals surface area contributed by atoms with E-state index in [2.05, 4.69) is 15.9 Å². The summed E-state index contributed by atoms with van der Waals surface area (Å²) < 4.78 is 43.6. The molecule has 0 atom stereocenters. The Balaban J connectivity index is 1.77. The zero-order valence-corrected chi connectivity index (χ0v) is 13.4. The second kappa shape index (κ2) is 6.54. The van der Waals surface area contributed by atoms with Crippen LogP contribution < -0.4 is 9.47 Å². The molecular weight excluding hydrogens is 374 g/mol. The van der Waals surface area contributed by atoms with Gasteiger partial charge in [-0.3, -0.25) is 0 Å². The van der Waals surface area contributed by atoms with Gasteiger partial charge in [0.25, 0.3) is 0 Å². The molecule has 7 heteroatoms. The van der Waals surface area contributed by atoms with Crippen molar-refractivity contribution in [2.45, 2.75) is 6.61 Å². The van der Waals surface area contributed by atoms with Gasteiger partial charge in [-0.25, -0.2) is 13.6 Å². The van der Waals surface area contributed by atoms with Crippen LogP contribution in [-0.4, -0.2) is 19.2 Å². The molecule has 23 heavy (non-hydrogen) atoms. The van der Waals surface area contributed by atoms with Gasteiger partial charge in [0.2, 0.25) is 0 Å². The number of fused-ring (bicyclic) bond motifs is 1. The fourth-order valence-electron chi connectivity index (χ4n) is 2.12. The summed E-state index contributed by atoms with van der Waals surface area (Å²) in [4.78, 5) is 11.9. The van der Waals surface area contributed by atoms with Crippen molar-refractivity contribution in [3.05, 3.63) is 57.6 Å². The van der Waals surface area contributed by atoms with E-state index in [4.69, 9.17) is 14.2 Å².